The summed E-state index contributed by atoms with van der Waals surface area (Å²) in [5, 5.41) is 2.33. The van der Waals surface area contributed by atoms with Crippen molar-refractivity contribution in [2.75, 3.05) is 7.11 Å². The molecule has 66 valence electrons. The van der Waals surface area contributed by atoms with Crippen molar-refractivity contribution in [2.24, 2.45) is 4.99 Å². The van der Waals surface area contributed by atoms with Gasteiger partial charge in [0.2, 0.25) is 0 Å². The molecule has 0 aliphatic rings. The third-order valence-corrected chi connectivity index (χ3v) is 1.11. The second kappa shape index (κ2) is 5.54. The van der Waals surface area contributed by atoms with Gasteiger partial charge in [-0.1, -0.05) is 22.5 Å². The van der Waals surface area contributed by atoms with Crippen molar-refractivity contribution >= 4 is 28.7 Å². The maximum Gasteiger partial charge on any atom is 0.412 e. The van der Waals surface area contributed by atoms with E-state index in [-0.39, 0.29) is 5.82 Å². The van der Waals surface area contributed by atoms with E-state index < -0.39 is 6.09 Å². The lowest BCUT2D eigenvalue weighted by Crippen LogP contribution is -2.21. The largest absolute Gasteiger partial charge is 0.453 e. The first kappa shape index (κ1) is 10.9. The number of amides is 1. The van der Waals surface area contributed by atoms with E-state index in [4.69, 9.17) is 0 Å². The first-order chi connectivity index (χ1) is 5.60. The predicted octanol–water partition coefficient (Wildman–Crippen LogP) is 1.79. The van der Waals surface area contributed by atoms with Gasteiger partial charge >= 0.3 is 6.09 Å². The summed E-state index contributed by atoms with van der Waals surface area (Å²) in [7, 11) is 1.26. The first-order valence-electron chi connectivity index (χ1n) is 2.98. The van der Waals surface area contributed by atoms with Crippen LogP contribution in [0.1, 0.15) is 0 Å². The second-order valence-corrected chi connectivity index (χ2v) is 2.77. The highest BCUT2D eigenvalue weighted by Gasteiger charge is 2.00. The second-order valence-electron chi connectivity index (χ2n) is 1.75. The molecule has 0 aromatic heterocycles. The smallest absolute Gasteiger partial charge is 0.412 e. The Bertz CT molecular complexity index is 236. The third-order valence-electron chi connectivity index (χ3n) is 0.879. The Hall–Kier alpha value is -1.10. The SMILES string of the molecule is C=N/C(=C\C(=C)Br)NC(=O)OC. The Kier molecular flexibility index (Phi) is 5.03. The molecule has 0 fully saturated rings. The first-order valence-corrected chi connectivity index (χ1v) is 3.77. The van der Waals surface area contributed by atoms with Crippen LogP contribution in [0.4, 0.5) is 4.79 Å². The summed E-state index contributed by atoms with van der Waals surface area (Å²) >= 11 is 3.08. The molecule has 5 heteroatoms. The Morgan fingerprint density at radius 3 is 2.67 bits per heavy atom. The van der Waals surface area contributed by atoms with Gasteiger partial charge in [-0.3, -0.25) is 5.32 Å². The number of allylic oxidation sites excluding steroid dienone is 2. The van der Waals surface area contributed by atoms with Crippen LogP contribution in [-0.2, 0) is 4.74 Å². The van der Waals surface area contributed by atoms with Crippen LogP contribution in [0.25, 0.3) is 0 Å². The van der Waals surface area contributed by atoms with Crippen LogP contribution in [0.2, 0.25) is 0 Å². The zero-order chi connectivity index (χ0) is 9.56. The molecule has 0 radical (unpaired) electrons. The molecule has 0 bridgehead atoms. The van der Waals surface area contributed by atoms with Gasteiger partial charge < -0.3 is 4.74 Å². The maximum atomic E-state index is 10.7. The van der Waals surface area contributed by atoms with Crippen LogP contribution in [0, 0.1) is 0 Å². The van der Waals surface area contributed by atoms with Crippen molar-refractivity contribution < 1.29 is 9.53 Å². The van der Waals surface area contributed by atoms with Gasteiger partial charge in [0.15, 0.2) is 0 Å². The number of rotatable bonds is 3. The van der Waals surface area contributed by atoms with Gasteiger partial charge in [0.05, 0.1) is 7.11 Å². The molecule has 0 saturated carbocycles. The molecular formula is C7H9BrN2O2. The van der Waals surface area contributed by atoms with Crippen molar-refractivity contribution in [3.05, 3.63) is 23.0 Å². The normalized spacial score (nSPS) is 10.3. The van der Waals surface area contributed by atoms with Gasteiger partial charge in [-0.05, 0) is 12.8 Å². The van der Waals surface area contributed by atoms with E-state index in [1.54, 1.807) is 0 Å². The third kappa shape index (κ3) is 4.68. The minimum Gasteiger partial charge on any atom is -0.453 e. The fourth-order valence-electron chi connectivity index (χ4n) is 0.425. The summed E-state index contributed by atoms with van der Waals surface area (Å²) in [6.07, 6.45) is 0.909. The van der Waals surface area contributed by atoms with Crippen LogP contribution in [-0.4, -0.2) is 19.9 Å². The monoisotopic (exact) mass is 232 g/mol. The summed E-state index contributed by atoms with van der Waals surface area (Å²) in [6, 6.07) is 0. The van der Waals surface area contributed by atoms with Crippen molar-refractivity contribution in [3.63, 3.8) is 0 Å². The number of nitrogens with one attached hydrogen (secondary N) is 1. The summed E-state index contributed by atoms with van der Waals surface area (Å²) in [5.74, 6) is 0.281. The standard InChI is InChI=1S/C7H9BrN2O2/c1-5(8)4-6(9-2)10-7(11)12-3/h4H,1-2H2,3H3,(H,10,11)/b6-4+. The summed E-state index contributed by atoms with van der Waals surface area (Å²) in [6.45, 7) is 6.79. The minimum absolute atomic E-state index is 0.281. The van der Waals surface area contributed by atoms with Crippen molar-refractivity contribution in [2.45, 2.75) is 0 Å². The lowest BCUT2D eigenvalue weighted by Gasteiger charge is -2.01. The maximum absolute atomic E-state index is 10.7. The highest BCUT2D eigenvalue weighted by Crippen LogP contribution is 2.05. The number of methoxy groups -OCH3 is 1. The minimum atomic E-state index is -0.595. The average molecular weight is 233 g/mol. The van der Waals surface area contributed by atoms with E-state index in [1.807, 2.05) is 0 Å². The molecule has 0 aromatic rings. The van der Waals surface area contributed by atoms with Gasteiger partial charge in [-0.15, -0.1) is 0 Å². The number of halogens is 1. The number of aliphatic imine (C=N–C) groups is 1. The lowest BCUT2D eigenvalue weighted by atomic mass is 10.5. The van der Waals surface area contributed by atoms with E-state index in [9.17, 15) is 4.79 Å². The Morgan fingerprint density at radius 2 is 2.33 bits per heavy atom. The Balaban J connectivity index is 4.27. The van der Waals surface area contributed by atoms with Crippen LogP contribution in [0.5, 0.6) is 0 Å². The van der Waals surface area contributed by atoms with Crippen molar-refractivity contribution in [1.82, 2.24) is 5.32 Å². The van der Waals surface area contributed by atoms with E-state index in [0.717, 1.165) is 0 Å². The fourth-order valence-corrected chi connectivity index (χ4v) is 0.642. The molecule has 0 unspecified atom stereocenters. The molecule has 0 aromatic carbocycles. The van der Waals surface area contributed by atoms with Gasteiger partial charge in [0.1, 0.15) is 5.82 Å². The number of ether oxygens (including phenoxy) is 1. The summed E-state index contributed by atoms with van der Waals surface area (Å²) < 4.78 is 4.93. The molecule has 0 aliphatic heterocycles. The van der Waals surface area contributed by atoms with Gasteiger partial charge in [0, 0.05) is 4.48 Å². The topological polar surface area (TPSA) is 50.7 Å². The number of carbonyl (C=O) groups excluding carboxylic acids is 1. The molecule has 0 spiro atoms. The van der Waals surface area contributed by atoms with E-state index in [1.165, 1.54) is 13.2 Å². The van der Waals surface area contributed by atoms with E-state index in [2.05, 4.69) is 44.3 Å². The van der Waals surface area contributed by atoms with Crippen LogP contribution in [0.15, 0.2) is 28.0 Å². The molecular weight excluding hydrogens is 224 g/mol. The number of hydrogen-bond donors (Lipinski definition) is 1. The van der Waals surface area contributed by atoms with E-state index >= 15 is 0 Å². The molecule has 1 amide bonds. The average Bonchev–Trinajstić information content (AvgIpc) is 2.02. The summed E-state index contributed by atoms with van der Waals surface area (Å²) in [5.41, 5.74) is 0. The fraction of sp³-hybridized carbons (Fsp3) is 0.143. The zero-order valence-electron chi connectivity index (χ0n) is 6.63. The molecule has 12 heavy (non-hydrogen) atoms. The molecule has 0 saturated heterocycles. The molecule has 0 heterocycles. The number of alkyl carbamates (subject to hydrolysis) is 1. The lowest BCUT2D eigenvalue weighted by molar-refractivity contribution is 0.174. The zero-order valence-corrected chi connectivity index (χ0v) is 8.22. The van der Waals surface area contributed by atoms with E-state index in [0.29, 0.717) is 4.48 Å². The molecule has 1 N–H and O–H groups in total. The highest BCUT2D eigenvalue weighted by molar-refractivity contribution is 9.11. The molecule has 0 aliphatic carbocycles. The molecule has 0 atom stereocenters. The van der Waals surface area contributed by atoms with Gasteiger partial charge in [-0.2, -0.15) is 0 Å². The molecule has 0 rings (SSSR count). The highest BCUT2D eigenvalue weighted by atomic mass is 79.9. The quantitative estimate of drug-likeness (QED) is 0.596. The Morgan fingerprint density at radius 1 is 1.75 bits per heavy atom. The van der Waals surface area contributed by atoms with Gasteiger partial charge in [-0.25, -0.2) is 9.79 Å². The summed E-state index contributed by atoms with van der Waals surface area (Å²) in [4.78, 5) is 14.2. The number of nitrogens with zero attached hydrogens (tertiary/aromatic N) is 1. The number of hydrogen-bond acceptors (Lipinski definition) is 3. The van der Waals surface area contributed by atoms with Crippen molar-refractivity contribution in [3.8, 4) is 0 Å². The van der Waals surface area contributed by atoms with Crippen LogP contribution < -0.4 is 5.32 Å². The number of carbonyl (C=O) groups is 1. The van der Waals surface area contributed by atoms with Gasteiger partial charge in [0.25, 0.3) is 0 Å². The Labute approximate surface area is 79.1 Å². The predicted molar refractivity (Wildman–Crippen MR) is 51.2 cm³/mol. The van der Waals surface area contributed by atoms with Crippen LogP contribution >= 0.6 is 15.9 Å². The van der Waals surface area contributed by atoms with Crippen LogP contribution in [0.3, 0.4) is 0 Å². The van der Waals surface area contributed by atoms with Crippen molar-refractivity contribution in [1.29, 1.82) is 0 Å². The molecule has 4 nitrogen and oxygen atoms in total.